The maximum atomic E-state index is 12.8. The average molecular weight is 859 g/mol. The van der Waals surface area contributed by atoms with Gasteiger partial charge in [-0.15, -0.1) is 0 Å². The molecule has 1 atom stereocenters. The van der Waals surface area contributed by atoms with Crippen molar-refractivity contribution in [1.29, 1.82) is 0 Å². The Hall–Kier alpha value is -2.11. The molecule has 61 heavy (non-hydrogen) atoms. The van der Waals surface area contributed by atoms with Crippen molar-refractivity contribution in [3.05, 3.63) is 24.3 Å². The van der Waals surface area contributed by atoms with Crippen molar-refractivity contribution in [1.82, 2.24) is 0 Å². The number of hydrogen-bond acceptors (Lipinski definition) is 6. The lowest BCUT2D eigenvalue weighted by atomic mass is 10.1. The summed E-state index contributed by atoms with van der Waals surface area (Å²) >= 11 is 0. The first kappa shape index (κ1) is 58.9. The molecule has 0 fully saturated rings. The Balaban J connectivity index is 4.33. The molecule has 0 heterocycles. The van der Waals surface area contributed by atoms with Gasteiger partial charge in [0.25, 0.3) is 0 Å². The van der Waals surface area contributed by atoms with E-state index in [0.717, 1.165) is 64.2 Å². The van der Waals surface area contributed by atoms with Gasteiger partial charge >= 0.3 is 17.9 Å². The van der Waals surface area contributed by atoms with Gasteiger partial charge in [0.05, 0.1) is 0 Å². The van der Waals surface area contributed by atoms with E-state index in [1.54, 1.807) is 0 Å². The van der Waals surface area contributed by atoms with Crippen LogP contribution in [0.15, 0.2) is 24.3 Å². The number of allylic oxidation sites excluding steroid dienone is 4. The molecule has 0 spiro atoms. The van der Waals surface area contributed by atoms with Gasteiger partial charge in [-0.1, -0.05) is 225 Å². The summed E-state index contributed by atoms with van der Waals surface area (Å²) in [4.78, 5) is 38.0. The minimum Gasteiger partial charge on any atom is -0.462 e. The lowest BCUT2D eigenvalue weighted by molar-refractivity contribution is -0.167. The van der Waals surface area contributed by atoms with Crippen LogP contribution in [0.4, 0.5) is 0 Å². The van der Waals surface area contributed by atoms with E-state index in [-0.39, 0.29) is 31.1 Å². The molecule has 0 aliphatic carbocycles. The van der Waals surface area contributed by atoms with Crippen LogP contribution in [-0.4, -0.2) is 37.2 Å². The first-order valence-corrected chi connectivity index (χ1v) is 26.8. The van der Waals surface area contributed by atoms with Gasteiger partial charge in [0.1, 0.15) is 13.2 Å². The number of ether oxygens (including phenoxy) is 3. The predicted molar refractivity (Wildman–Crippen MR) is 261 cm³/mol. The molecule has 0 radical (unpaired) electrons. The van der Waals surface area contributed by atoms with Gasteiger partial charge in [-0.3, -0.25) is 14.4 Å². The molecule has 6 nitrogen and oxygen atoms in total. The molecule has 0 aromatic heterocycles. The molecular weight excluding hydrogens is 757 g/mol. The molecule has 0 bridgehead atoms. The summed E-state index contributed by atoms with van der Waals surface area (Å²) in [5.41, 5.74) is 0. The van der Waals surface area contributed by atoms with E-state index in [9.17, 15) is 14.4 Å². The summed E-state index contributed by atoms with van der Waals surface area (Å²) < 4.78 is 16.8. The Bertz CT molecular complexity index is 989. The second-order valence-corrected chi connectivity index (χ2v) is 18.1. The molecule has 0 aromatic rings. The lowest BCUT2D eigenvalue weighted by Crippen LogP contribution is -2.30. The first-order chi connectivity index (χ1) is 30.0. The Morgan fingerprint density at radius 3 is 0.820 bits per heavy atom. The first-order valence-electron chi connectivity index (χ1n) is 26.8. The van der Waals surface area contributed by atoms with Crippen LogP contribution in [0.2, 0.25) is 0 Å². The highest BCUT2D eigenvalue weighted by Gasteiger charge is 2.19. The molecule has 0 N–H and O–H groups in total. The maximum absolute atomic E-state index is 12.8. The number of hydrogen-bond donors (Lipinski definition) is 0. The summed E-state index contributed by atoms with van der Waals surface area (Å²) in [5.74, 6) is -0.872. The maximum Gasteiger partial charge on any atom is 0.306 e. The van der Waals surface area contributed by atoms with Gasteiger partial charge in [-0.05, 0) is 70.6 Å². The van der Waals surface area contributed by atoms with Gasteiger partial charge in [0.2, 0.25) is 0 Å². The Morgan fingerprint density at radius 1 is 0.311 bits per heavy atom. The monoisotopic (exact) mass is 859 g/mol. The largest absolute Gasteiger partial charge is 0.462 e. The molecule has 0 amide bonds. The van der Waals surface area contributed by atoms with E-state index in [1.807, 2.05) is 0 Å². The van der Waals surface area contributed by atoms with Crippen molar-refractivity contribution in [2.24, 2.45) is 0 Å². The summed E-state index contributed by atoms with van der Waals surface area (Å²) in [6, 6.07) is 0. The third kappa shape index (κ3) is 48.8. The molecule has 358 valence electrons. The van der Waals surface area contributed by atoms with Crippen molar-refractivity contribution in [2.45, 2.75) is 297 Å². The van der Waals surface area contributed by atoms with Crippen molar-refractivity contribution in [3.8, 4) is 0 Å². The van der Waals surface area contributed by atoms with E-state index < -0.39 is 6.10 Å². The summed E-state index contributed by atoms with van der Waals surface area (Å²) in [6.07, 6.45) is 57.3. The summed E-state index contributed by atoms with van der Waals surface area (Å²) in [5, 5.41) is 0. The zero-order valence-electron chi connectivity index (χ0n) is 40.9. The summed E-state index contributed by atoms with van der Waals surface area (Å²) in [7, 11) is 0. The van der Waals surface area contributed by atoms with E-state index in [4.69, 9.17) is 14.2 Å². The number of unbranched alkanes of at least 4 members (excludes halogenated alkanes) is 34. The molecule has 0 saturated carbocycles. The highest BCUT2D eigenvalue weighted by molar-refractivity contribution is 5.71. The van der Waals surface area contributed by atoms with Gasteiger partial charge in [-0.2, -0.15) is 0 Å². The standard InChI is InChI=1S/C55H102O6/c1-4-7-10-13-16-19-22-24-26-27-29-30-33-36-39-42-45-48-54(57)60-51-52(50-59-53(56)47-44-41-38-35-32-21-18-15-12-9-6-3)61-55(58)49-46-43-40-37-34-31-28-25-23-20-17-14-11-8-5-2/h24-26,28,52H,4-23,27,29-51H2,1-3H3/b26-24-,28-25-/t52-/m1/s1. The van der Waals surface area contributed by atoms with Crippen LogP contribution in [0.25, 0.3) is 0 Å². The fraction of sp³-hybridized carbons (Fsp3) is 0.873. The molecule has 0 aliphatic heterocycles. The van der Waals surface area contributed by atoms with Crippen LogP contribution >= 0.6 is 0 Å². The zero-order valence-corrected chi connectivity index (χ0v) is 40.9. The van der Waals surface area contributed by atoms with Crippen molar-refractivity contribution >= 4 is 17.9 Å². The summed E-state index contributed by atoms with van der Waals surface area (Å²) in [6.45, 7) is 6.64. The van der Waals surface area contributed by atoms with Crippen LogP contribution in [-0.2, 0) is 28.6 Å². The Morgan fingerprint density at radius 2 is 0.541 bits per heavy atom. The molecule has 0 aromatic carbocycles. The van der Waals surface area contributed by atoms with E-state index in [1.165, 1.54) is 186 Å². The van der Waals surface area contributed by atoms with E-state index >= 15 is 0 Å². The van der Waals surface area contributed by atoms with Crippen LogP contribution < -0.4 is 0 Å². The van der Waals surface area contributed by atoms with E-state index in [0.29, 0.717) is 19.3 Å². The third-order valence-corrected chi connectivity index (χ3v) is 11.9. The third-order valence-electron chi connectivity index (χ3n) is 11.9. The molecule has 6 heteroatoms. The Kier molecular flexibility index (Phi) is 48.8. The predicted octanol–water partition coefficient (Wildman–Crippen LogP) is 17.5. The minimum atomic E-state index is -0.772. The topological polar surface area (TPSA) is 78.9 Å². The van der Waals surface area contributed by atoms with Gasteiger partial charge < -0.3 is 14.2 Å². The van der Waals surface area contributed by atoms with Gasteiger partial charge in [0, 0.05) is 19.3 Å². The Labute approximate surface area is 379 Å². The fourth-order valence-electron chi connectivity index (χ4n) is 7.84. The van der Waals surface area contributed by atoms with Crippen molar-refractivity contribution in [2.75, 3.05) is 13.2 Å². The number of carbonyl (C=O) groups excluding carboxylic acids is 3. The SMILES string of the molecule is CCCCCCCC/C=C\CCCCCCCCCC(=O)OC[C@@H](COC(=O)CCCCCCCCCCCCC)OC(=O)CCCCCCC/C=C\CCCCCCCC. The lowest BCUT2D eigenvalue weighted by Gasteiger charge is -2.18. The molecule has 0 unspecified atom stereocenters. The van der Waals surface area contributed by atoms with Crippen LogP contribution in [0.1, 0.15) is 290 Å². The molecule has 0 rings (SSSR count). The van der Waals surface area contributed by atoms with Crippen molar-refractivity contribution in [3.63, 3.8) is 0 Å². The minimum absolute atomic E-state index is 0.0722. The van der Waals surface area contributed by atoms with E-state index in [2.05, 4.69) is 45.1 Å². The quantitative estimate of drug-likeness (QED) is 0.0262. The van der Waals surface area contributed by atoms with Gasteiger partial charge in [0.15, 0.2) is 6.10 Å². The highest BCUT2D eigenvalue weighted by Crippen LogP contribution is 2.15. The number of carbonyl (C=O) groups is 3. The normalized spacial score (nSPS) is 12.1. The van der Waals surface area contributed by atoms with Crippen molar-refractivity contribution < 1.29 is 28.6 Å². The average Bonchev–Trinajstić information content (AvgIpc) is 3.26. The number of esters is 3. The smallest absolute Gasteiger partial charge is 0.306 e. The van der Waals surface area contributed by atoms with Crippen LogP contribution in [0.3, 0.4) is 0 Å². The zero-order chi connectivity index (χ0) is 44.4. The molecule has 0 saturated heterocycles. The van der Waals surface area contributed by atoms with Crippen LogP contribution in [0.5, 0.6) is 0 Å². The highest BCUT2D eigenvalue weighted by atomic mass is 16.6. The molecule has 0 aliphatic rings. The second kappa shape index (κ2) is 50.5. The fourth-order valence-corrected chi connectivity index (χ4v) is 7.84. The van der Waals surface area contributed by atoms with Gasteiger partial charge in [-0.25, -0.2) is 0 Å². The second-order valence-electron chi connectivity index (χ2n) is 18.1. The number of rotatable bonds is 49. The molecular formula is C55H102O6. The van der Waals surface area contributed by atoms with Crippen LogP contribution in [0, 0.1) is 0 Å².